The molecule has 0 radical (unpaired) electrons. The zero-order valence-electron chi connectivity index (χ0n) is 34.3. The zero-order valence-corrected chi connectivity index (χ0v) is 29.3. The van der Waals surface area contributed by atoms with E-state index in [0.717, 1.165) is 66.8 Å². The van der Waals surface area contributed by atoms with Crippen molar-refractivity contribution in [2.45, 2.75) is 0 Å². The van der Waals surface area contributed by atoms with Gasteiger partial charge >= 0.3 is 0 Å². The van der Waals surface area contributed by atoms with Gasteiger partial charge in [-0.25, -0.2) is 0 Å². The van der Waals surface area contributed by atoms with Crippen LogP contribution in [0.15, 0.2) is 218 Å². The molecule has 1 aromatic heterocycles. The minimum absolute atomic E-state index is 0.176. The lowest BCUT2D eigenvalue weighted by atomic mass is 9.96. The number of benzene rings is 9. The molecule has 0 unspecified atom stereocenters. The van der Waals surface area contributed by atoms with Crippen molar-refractivity contribution in [2.24, 2.45) is 0 Å². The van der Waals surface area contributed by atoms with Gasteiger partial charge in [0.1, 0.15) is 0 Å². The molecule has 0 fully saturated rings. The molecule has 0 bridgehead atoms. The van der Waals surface area contributed by atoms with Crippen LogP contribution in [0.1, 0.15) is 6.85 Å². The summed E-state index contributed by atoms with van der Waals surface area (Å²) in [5, 5.41) is 4.67. The largest absolute Gasteiger partial charge is 0.310 e. The monoisotopic (exact) mass is 693 g/mol. The fraction of sp³-hybridized carbons (Fsp3) is 0. The topological polar surface area (TPSA) is 8.17 Å². The van der Waals surface area contributed by atoms with Crippen molar-refractivity contribution < 1.29 is 6.85 Å². The average Bonchev–Trinajstić information content (AvgIpc) is 3.63. The van der Waals surface area contributed by atoms with E-state index >= 15 is 0 Å². The average molecular weight is 694 g/mol. The lowest BCUT2D eigenvalue weighted by Gasteiger charge is -2.28. The molecule has 1 heterocycles. The Morgan fingerprint density at radius 2 is 1.04 bits per heavy atom. The summed E-state index contributed by atoms with van der Waals surface area (Å²) in [5.74, 6) is 0. The first-order valence-electron chi connectivity index (χ1n) is 20.6. The van der Waals surface area contributed by atoms with Gasteiger partial charge in [0.2, 0.25) is 0 Å². The maximum atomic E-state index is 8.64. The lowest BCUT2D eigenvalue weighted by Crippen LogP contribution is -2.11. The molecule has 0 saturated heterocycles. The van der Waals surface area contributed by atoms with E-state index in [2.05, 4.69) is 155 Å². The molecule has 0 amide bonds. The number of para-hydroxylation sites is 2. The van der Waals surface area contributed by atoms with Gasteiger partial charge in [0.15, 0.2) is 0 Å². The van der Waals surface area contributed by atoms with Gasteiger partial charge in [-0.3, -0.25) is 0 Å². The number of hydrogen-bond donors (Lipinski definition) is 0. The van der Waals surface area contributed by atoms with E-state index in [0.29, 0.717) is 5.56 Å². The molecule has 9 aromatic carbocycles. The summed E-state index contributed by atoms with van der Waals surface area (Å²) in [6, 6.07) is 63.6. The third-order valence-corrected chi connectivity index (χ3v) is 10.3. The van der Waals surface area contributed by atoms with Gasteiger partial charge in [-0.1, -0.05) is 170 Å². The Labute approximate surface area is 322 Å². The van der Waals surface area contributed by atoms with Crippen LogP contribution in [0.25, 0.3) is 71.6 Å². The van der Waals surface area contributed by atoms with Crippen molar-refractivity contribution in [1.29, 1.82) is 0 Å². The van der Waals surface area contributed by atoms with Gasteiger partial charge in [0.25, 0.3) is 0 Å². The van der Waals surface area contributed by atoms with Crippen molar-refractivity contribution in [2.75, 3.05) is 4.90 Å². The SMILES string of the molecule is [2H]c1c([2H])c([2H])c(-c2ccc(N(c3cccc(-c4ccccc4)c3)c3ccccc3-c3cccc4c3c3ccccc3n4-c3cccc4ccccc34)cc2)c([2H])c1[2H]. The van der Waals surface area contributed by atoms with E-state index in [-0.39, 0.29) is 29.7 Å². The first-order valence-corrected chi connectivity index (χ1v) is 18.1. The second-order valence-electron chi connectivity index (χ2n) is 13.4. The molecule has 10 rings (SSSR count). The molecule has 10 aromatic rings. The molecule has 0 atom stereocenters. The van der Waals surface area contributed by atoms with Crippen molar-refractivity contribution in [3.63, 3.8) is 0 Å². The van der Waals surface area contributed by atoms with Gasteiger partial charge in [0.05, 0.1) is 29.3 Å². The molecule has 0 aliphatic rings. The fourth-order valence-corrected chi connectivity index (χ4v) is 7.86. The van der Waals surface area contributed by atoms with Crippen LogP contribution in [0.2, 0.25) is 0 Å². The summed E-state index contributed by atoms with van der Waals surface area (Å²) in [5.41, 5.74) is 11.1. The molecule has 0 aliphatic heterocycles. The molecule has 2 nitrogen and oxygen atoms in total. The molecule has 0 N–H and O–H groups in total. The lowest BCUT2D eigenvalue weighted by molar-refractivity contribution is 1.20. The summed E-state index contributed by atoms with van der Waals surface area (Å²) in [7, 11) is 0. The van der Waals surface area contributed by atoms with Crippen LogP contribution >= 0.6 is 0 Å². The normalized spacial score (nSPS) is 12.6. The molecular weight excluding hydrogens is 653 g/mol. The number of fused-ring (bicyclic) bond motifs is 4. The standard InChI is InChI=1S/C52H36N2/c1-3-16-37(17-4-1)39-32-34-42(35-33-39)53(43-23-13-22-41(36-43)38-18-5-2-6-19-38)49-28-11-9-25-45(49)46-27-15-31-51-52(46)47-26-10-12-29-50(47)54(51)48-30-14-21-40-20-7-8-24-44(40)48/h1-36H/i1D,3D,4D,16D,17D. The second kappa shape index (κ2) is 13.4. The first kappa shape index (κ1) is 26.6. The maximum Gasteiger partial charge on any atom is 0.0629 e. The molecule has 2 heteroatoms. The summed E-state index contributed by atoms with van der Waals surface area (Å²) >= 11 is 0. The summed E-state index contributed by atoms with van der Waals surface area (Å²) in [6.45, 7) is 0. The van der Waals surface area contributed by atoms with Crippen LogP contribution in [0.5, 0.6) is 0 Å². The van der Waals surface area contributed by atoms with Crippen molar-refractivity contribution >= 4 is 49.6 Å². The number of hydrogen-bond acceptors (Lipinski definition) is 1. The van der Waals surface area contributed by atoms with Gasteiger partial charge in [-0.05, 0) is 81.7 Å². The third kappa shape index (κ3) is 5.44. The Bertz CT molecular complexity index is 3190. The van der Waals surface area contributed by atoms with Gasteiger partial charge < -0.3 is 9.47 Å². The van der Waals surface area contributed by atoms with E-state index in [1.807, 2.05) is 42.5 Å². The number of aromatic nitrogens is 1. The molecule has 0 saturated carbocycles. The highest BCUT2D eigenvalue weighted by atomic mass is 15.1. The van der Waals surface area contributed by atoms with Gasteiger partial charge in [-0.2, -0.15) is 0 Å². The van der Waals surface area contributed by atoms with Crippen LogP contribution in [0.4, 0.5) is 17.1 Å². The van der Waals surface area contributed by atoms with Crippen LogP contribution in [-0.2, 0) is 0 Å². The van der Waals surface area contributed by atoms with Crippen molar-refractivity contribution in [1.82, 2.24) is 4.57 Å². The zero-order chi connectivity index (χ0) is 40.2. The van der Waals surface area contributed by atoms with E-state index in [4.69, 9.17) is 6.85 Å². The van der Waals surface area contributed by atoms with Crippen LogP contribution in [0.3, 0.4) is 0 Å². The van der Waals surface area contributed by atoms with E-state index in [1.165, 1.54) is 10.8 Å². The highest BCUT2D eigenvalue weighted by Crippen LogP contribution is 2.46. The van der Waals surface area contributed by atoms with Crippen LogP contribution < -0.4 is 4.90 Å². The Morgan fingerprint density at radius 1 is 0.407 bits per heavy atom. The Kier molecular flexibility index (Phi) is 6.61. The minimum Gasteiger partial charge on any atom is -0.310 e. The Morgan fingerprint density at radius 3 is 1.91 bits per heavy atom. The smallest absolute Gasteiger partial charge is 0.0629 e. The Hall–Kier alpha value is -7.16. The van der Waals surface area contributed by atoms with Crippen molar-refractivity contribution in [3.05, 3.63) is 218 Å². The van der Waals surface area contributed by atoms with E-state index in [1.54, 1.807) is 0 Å². The molecule has 0 aliphatic carbocycles. The van der Waals surface area contributed by atoms with Crippen LogP contribution in [-0.4, -0.2) is 4.57 Å². The Balaban J connectivity index is 1.20. The van der Waals surface area contributed by atoms with E-state index < -0.39 is 6.04 Å². The molecular formula is C52H36N2. The van der Waals surface area contributed by atoms with E-state index in [9.17, 15) is 0 Å². The first-order chi connectivity index (χ1) is 28.9. The van der Waals surface area contributed by atoms with Crippen molar-refractivity contribution in [3.8, 4) is 39.1 Å². The maximum absolute atomic E-state index is 8.64. The highest BCUT2D eigenvalue weighted by Gasteiger charge is 2.22. The molecule has 54 heavy (non-hydrogen) atoms. The van der Waals surface area contributed by atoms with Gasteiger partial charge in [-0.15, -0.1) is 0 Å². The van der Waals surface area contributed by atoms with Gasteiger partial charge in [0, 0.05) is 33.1 Å². The fourth-order valence-electron chi connectivity index (χ4n) is 7.86. The van der Waals surface area contributed by atoms with Crippen LogP contribution in [0, 0.1) is 0 Å². The summed E-state index contributed by atoms with van der Waals surface area (Å²) in [4.78, 5) is 2.25. The molecule has 0 spiro atoms. The summed E-state index contributed by atoms with van der Waals surface area (Å²) in [6.07, 6.45) is 0. The summed E-state index contributed by atoms with van der Waals surface area (Å²) < 4.78 is 44.4. The number of anilines is 3. The predicted molar refractivity (Wildman–Crippen MR) is 229 cm³/mol. The highest BCUT2D eigenvalue weighted by molar-refractivity contribution is 6.17. The quantitative estimate of drug-likeness (QED) is 0.161. The predicted octanol–water partition coefficient (Wildman–Crippen LogP) is 14.4. The minimum atomic E-state index is -0.406. The number of rotatable bonds is 7. The molecule has 254 valence electrons. The second-order valence-corrected chi connectivity index (χ2v) is 13.4. The number of nitrogens with zero attached hydrogens (tertiary/aromatic N) is 2. The third-order valence-electron chi connectivity index (χ3n) is 10.3.